The van der Waals surface area contributed by atoms with Gasteiger partial charge in [0.15, 0.2) is 4.77 Å². The number of allylic oxidation sites excluding steroid dienone is 2. The van der Waals surface area contributed by atoms with Gasteiger partial charge in [0.2, 0.25) is 5.88 Å². The zero-order chi connectivity index (χ0) is 17.6. The summed E-state index contributed by atoms with van der Waals surface area (Å²) in [4.78, 5) is 14.8. The first kappa shape index (κ1) is 17.9. The number of hydrogen-bond acceptors (Lipinski definition) is 5. The van der Waals surface area contributed by atoms with Gasteiger partial charge in [0.25, 0.3) is 5.56 Å². The highest BCUT2D eigenvalue weighted by Gasteiger charge is 2.13. The molecule has 0 atom stereocenters. The van der Waals surface area contributed by atoms with E-state index in [1.807, 2.05) is 5.01 Å². The molecule has 1 aromatic heterocycles. The van der Waals surface area contributed by atoms with Gasteiger partial charge in [-0.05, 0) is 63.6 Å². The lowest BCUT2D eigenvalue weighted by Gasteiger charge is -2.23. The summed E-state index contributed by atoms with van der Waals surface area (Å²) in [6.45, 7) is 2.35. The lowest BCUT2D eigenvalue weighted by molar-refractivity contribution is 0.240. The van der Waals surface area contributed by atoms with Crippen molar-refractivity contribution < 1.29 is 5.11 Å². The molecule has 0 unspecified atom stereocenters. The topological polar surface area (TPSA) is 73.6 Å². The predicted octanol–water partition coefficient (Wildman–Crippen LogP) is 3.32. The average molecular weight is 362 g/mol. The number of hydrogen-bond donors (Lipinski definition) is 2. The summed E-state index contributed by atoms with van der Waals surface area (Å²) in [7, 11) is 0. The highest BCUT2D eigenvalue weighted by molar-refractivity contribution is 7.71. The van der Waals surface area contributed by atoms with E-state index in [2.05, 4.69) is 16.2 Å². The zero-order valence-electron chi connectivity index (χ0n) is 14.5. The van der Waals surface area contributed by atoms with Crippen molar-refractivity contribution in [2.45, 2.75) is 57.9 Å². The van der Waals surface area contributed by atoms with Crippen molar-refractivity contribution >= 4 is 18.4 Å². The molecule has 1 aliphatic heterocycles. The molecule has 2 aliphatic rings. The van der Waals surface area contributed by atoms with Crippen LogP contribution in [0, 0.1) is 4.77 Å². The highest BCUT2D eigenvalue weighted by Crippen LogP contribution is 2.22. The van der Waals surface area contributed by atoms with Crippen LogP contribution in [0.25, 0.3) is 0 Å². The summed E-state index contributed by atoms with van der Waals surface area (Å²) in [5.41, 5.74) is 1.19. The minimum Gasteiger partial charge on any atom is -0.494 e. The molecule has 0 saturated carbocycles. The number of H-pyrrole nitrogens is 1. The van der Waals surface area contributed by atoms with Crippen molar-refractivity contribution in [1.82, 2.24) is 14.6 Å². The predicted molar refractivity (Wildman–Crippen MR) is 102 cm³/mol. The van der Waals surface area contributed by atoms with Crippen LogP contribution in [0.1, 0.15) is 56.9 Å². The van der Waals surface area contributed by atoms with E-state index in [4.69, 9.17) is 12.2 Å². The molecular weight excluding hydrogens is 336 g/mol. The van der Waals surface area contributed by atoms with Crippen molar-refractivity contribution in [2.75, 3.05) is 13.1 Å². The van der Waals surface area contributed by atoms with Crippen LogP contribution in [0.4, 0.5) is 0 Å². The van der Waals surface area contributed by atoms with Crippen molar-refractivity contribution in [2.24, 2.45) is 5.10 Å². The molecule has 1 aliphatic carbocycles. The molecule has 0 amide bonds. The Hall–Kier alpha value is -1.89. The summed E-state index contributed by atoms with van der Waals surface area (Å²) in [5.74, 6) is -0.0917. The van der Waals surface area contributed by atoms with Crippen LogP contribution in [0.3, 0.4) is 0 Å². The first-order chi connectivity index (χ1) is 12.1. The van der Waals surface area contributed by atoms with E-state index in [-0.39, 0.29) is 16.2 Å². The van der Waals surface area contributed by atoms with Gasteiger partial charge < -0.3 is 5.11 Å². The molecule has 7 heteroatoms. The minimum absolute atomic E-state index is 0.0917. The van der Waals surface area contributed by atoms with Gasteiger partial charge in [-0.3, -0.25) is 19.4 Å². The Balaban J connectivity index is 1.78. The van der Waals surface area contributed by atoms with Crippen molar-refractivity contribution in [1.29, 1.82) is 0 Å². The van der Waals surface area contributed by atoms with Crippen LogP contribution in [-0.2, 0) is 6.54 Å². The van der Waals surface area contributed by atoms with Gasteiger partial charge in [-0.1, -0.05) is 11.6 Å². The smallest absolute Gasteiger partial charge is 0.264 e. The molecule has 6 nitrogen and oxygen atoms in total. The van der Waals surface area contributed by atoms with Gasteiger partial charge in [-0.25, -0.2) is 0 Å². The number of aromatic nitrogens is 2. The van der Waals surface area contributed by atoms with Gasteiger partial charge in [-0.2, -0.15) is 5.10 Å². The monoisotopic (exact) mass is 362 g/mol. The number of hydrazone groups is 1. The Labute approximate surface area is 152 Å². The maximum absolute atomic E-state index is 12.2. The SMILES string of the molecule is O=c1[nH]c(=S)n(CCC2=CCCCC2)c(O)c1/C=N/N1CCCCC1. The summed E-state index contributed by atoms with van der Waals surface area (Å²) < 4.78 is 1.86. The third-order valence-electron chi connectivity index (χ3n) is 4.93. The molecule has 2 heterocycles. The van der Waals surface area contributed by atoms with E-state index >= 15 is 0 Å². The van der Waals surface area contributed by atoms with Gasteiger partial charge in [-0.15, -0.1) is 0 Å². The van der Waals surface area contributed by atoms with E-state index in [1.54, 1.807) is 4.57 Å². The van der Waals surface area contributed by atoms with Crippen LogP contribution in [0.5, 0.6) is 5.88 Å². The molecule has 1 aromatic rings. The Morgan fingerprint density at radius 1 is 1.24 bits per heavy atom. The maximum Gasteiger partial charge on any atom is 0.264 e. The number of nitrogens with zero attached hydrogens (tertiary/aromatic N) is 3. The Bertz CT molecular complexity index is 772. The molecule has 0 aromatic carbocycles. The first-order valence-electron chi connectivity index (χ1n) is 9.18. The molecule has 3 rings (SSSR count). The lowest BCUT2D eigenvalue weighted by atomic mass is 9.97. The quantitative estimate of drug-likeness (QED) is 0.479. The molecule has 1 fully saturated rings. The molecule has 0 spiro atoms. The second kappa shape index (κ2) is 8.47. The Kier molecular flexibility index (Phi) is 6.07. The van der Waals surface area contributed by atoms with Crippen molar-refractivity contribution in [3.05, 3.63) is 32.3 Å². The second-order valence-electron chi connectivity index (χ2n) is 6.77. The third-order valence-corrected chi connectivity index (χ3v) is 5.25. The number of aromatic amines is 1. The van der Waals surface area contributed by atoms with E-state index in [0.29, 0.717) is 6.54 Å². The number of nitrogens with one attached hydrogen (secondary N) is 1. The van der Waals surface area contributed by atoms with Gasteiger partial charge >= 0.3 is 0 Å². The van der Waals surface area contributed by atoms with Crippen molar-refractivity contribution in [3.63, 3.8) is 0 Å². The summed E-state index contributed by atoms with van der Waals surface area (Å²) in [5, 5.41) is 16.9. The van der Waals surface area contributed by atoms with Gasteiger partial charge in [0.05, 0.1) is 6.21 Å². The molecular formula is C18H26N4O2S. The number of piperidine rings is 1. The van der Waals surface area contributed by atoms with Crippen molar-refractivity contribution in [3.8, 4) is 5.88 Å². The fraction of sp³-hybridized carbons (Fsp3) is 0.611. The minimum atomic E-state index is -0.392. The third kappa shape index (κ3) is 4.60. The van der Waals surface area contributed by atoms with E-state index in [1.165, 1.54) is 31.1 Å². The fourth-order valence-corrected chi connectivity index (χ4v) is 3.69. The molecule has 0 radical (unpaired) electrons. The largest absolute Gasteiger partial charge is 0.494 e. The summed E-state index contributed by atoms with van der Waals surface area (Å²) >= 11 is 5.24. The van der Waals surface area contributed by atoms with Gasteiger partial charge in [0, 0.05) is 19.6 Å². The van der Waals surface area contributed by atoms with Crippen LogP contribution in [-0.4, -0.2) is 39.0 Å². The molecule has 25 heavy (non-hydrogen) atoms. The molecule has 1 saturated heterocycles. The lowest BCUT2D eigenvalue weighted by Crippen LogP contribution is -2.25. The maximum atomic E-state index is 12.2. The summed E-state index contributed by atoms with van der Waals surface area (Å²) in [6, 6.07) is 0. The van der Waals surface area contributed by atoms with E-state index in [0.717, 1.165) is 45.2 Å². The standard InChI is InChI=1S/C18H26N4O2S/c23-16-15(13-19-21-10-5-2-6-11-21)17(24)22(18(25)20-16)12-9-14-7-3-1-4-8-14/h7,13,24H,1-6,8-12H2,(H,20,23,25)/b19-13+. The molecule has 2 N–H and O–H groups in total. The van der Waals surface area contributed by atoms with E-state index in [9.17, 15) is 9.90 Å². The molecule has 0 bridgehead atoms. The zero-order valence-corrected chi connectivity index (χ0v) is 15.4. The fourth-order valence-electron chi connectivity index (χ4n) is 3.42. The van der Waals surface area contributed by atoms with E-state index < -0.39 is 5.56 Å². The Morgan fingerprint density at radius 3 is 2.76 bits per heavy atom. The number of aromatic hydroxyl groups is 1. The number of rotatable bonds is 5. The van der Waals surface area contributed by atoms with Crippen LogP contribution in [0.15, 0.2) is 21.5 Å². The highest BCUT2D eigenvalue weighted by atomic mass is 32.1. The summed E-state index contributed by atoms with van der Waals surface area (Å²) in [6.07, 6.45) is 12.8. The first-order valence-corrected chi connectivity index (χ1v) is 9.59. The van der Waals surface area contributed by atoms with Crippen LogP contribution < -0.4 is 5.56 Å². The van der Waals surface area contributed by atoms with Gasteiger partial charge in [0.1, 0.15) is 5.56 Å². The Morgan fingerprint density at radius 2 is 2.04 bits per heavy atom. The average Bonchev–Trinajstić information content (AvgIpc) is 2.63. The normalized spacial score (nSPS) is 18.6. The molecule has 136 valence electrons. The van der Waals surface area contributed by atoms with Crippen LogP contribution >= 0.6 is 12.2 Å². The second-order valence-corrected chi connectivity index (χ2v) is 7.15. The van der Waals surface area contributed by atoms with Crippen LogP contribution in [0.2, 0.25) is 0 Å².